The van der Waals surface area contributed by atoms with Crippen LogP contribution in [0.2, 0.25) is 0 Å². The average Bonchev–Trinajstić information content (AvgIpc) is 2.32. The van der Waals surface area contributed by atoms with Crippen molar-refractivity contribution in [1.82, 2.24) is 15.3 Å². The number of nitrogens with one attached hydrogen (secondary N) is 1. The van der Waals surface area contributed by atoms with Crippen LogP contribution < -0.4 is 11.1 Å². The van der Waals surface area contributed by atoms with Crippen LogP contribution in [0.1, 0.15) is 12.8 Å². The van der Waals surface area contributed by atoms with Crippen LogP contribution in [0.3, 0.4) is 0 Å². The molecule has 0 aromatic heterocycles. The van der Waals surface area contributed by atoms with Crippen molar-refractivity contribution in [3.8, 4) is 0 Å². The van der Waals surface area contributed by atoms with Gasteiger partial charge in [-0.15, -0.1) is 0 Å². The van der Waals surface area contributed by atoms with Gasteiger partial charge in [-0.25, -0.2) is 10.0 Å². The van der Waals surface area contributed by atoms with Crippen molar-refractivity contribution in [2.75, 3.05) is 27.7 Å². The Hall–Kier alpha value is -0.160. The summed E-state index contributed by atoms with van der Waals surface area (Å²) in [7, 11) is 5.94. The van der Waals surface area contributed by atoms with E-state index >= 15 is 0 Å². The zero-order valence-corrected chi connectivity index (χ0v) is 7.59. The molecule has 4 nitrogen and oxygen atoms in total. The molecule has 0 aromatic rings. The normalized spacial score (nSPS) is 33.5. The first-order valence-electron chi connectivity index (χ1n) is 4.03. The van der Waals surface area contributed by atoms with E-state index < -0.39 is 0 Å². The zero-order valence-electron chi connectivity index (χ0n) is 7.59. The van der Waals surface area contributed by atoms with E-state index in [-0.39, 0.29) is 5.79 Å². The SMILES string of the molecule is CNC1(N)CCCN1N(C)C. The molecule has 0 aliphatic carbocycles. The maximum atomic E-state index is 6.08. The average molecular weight is 158 g/mol. The number of nitrogens with zero attached hydrogens (tertiary/aromatic N) is 2. The highest BCUT2D eigenvalue weighted by atomic mass is 15.7. The van der Waals surface area contributed by atoms with Gasteiger partial charge in [0.2, 0.25) is 0 Å². The summed E-state index contributed by atoms with van der Waals surface area (Å²) in [5, 5.41) is 7.32. The number of rotatable bonds is 2. The van der Waals surface area contributed by atoms with E-state index in [1.54, 1.807) is 0 Å². The van der Waals surface area contributed by atoms with Crippen molar-refractivity contribution in [2.24, 2.45) is 5.73 Å². The van der Waals surface area contributed by atoms with E-state index in [9.17, 15) is 0 Å². The van der Waals surface area contributed by atoms with Gasteiger partial charge in [0, 0.05) is 20.6 Å². The van der Waals surface area contributed by atoms with Crippen molar-refractivity contribution in [3.63, 3.8) is 0 Å². The second kappa shape index (κ2) is 3.06. The van der Waals surface area contributed by atoms with Gasteiger partial charge < -0.3 is 0 Å². The molecular weight excluding hydrogens is 140 g/mol. The van der Waals surface area contributed by atoms with Gasteiger partial charge in [-0.2, -0.15) is 0 Å². The molecular formula is C7H18N4. The van der Waals surface area contributed by atoms with Crippen molar-refractivity contribution < 1.29 is 0 Å². The number of nitrogens with two attached hydrogens (primary N) is 1. The zero-order chi connectivity index (χ0) is 8.48. The molecule has 0 aromatic carbocycles. The lowest BCUT2D eigenvalue weighted by atomic mass is 10.2. The molecule has 1 rings (SSSR count). The predicted molar refractivity (Wildman–Crippen MR) is 45.6 cm³/mol. The first kappa shape index (κ1) is 8.93. The van der Waals surface area contributed by atoms with Gasteiger partial charge in [0.25, 0.3) is 0 Å². The second-order valence-corrected chi connectivity index (χ2v) is 3.25. The highest BCUT2D eigenvalue weighted by Crippen LogP contribution is 2.21. The fraction of sp³-hybridized carbons (Fsp3) is 1.00. The molecule has 0 saturated carbocycles. The van der Waals surface area contributed by atoms with Gasteiger partial charge in [-0.3, -0.25) is 11.1 Å². The predicted octanol–water partition coefficient (Wildman–Crippen LogP) is -0.609. The molecule has 0 amide bonds. The standard InChI is InChI=1S/C7H18N4/c1-9-7(8)5-4-6-11(7)10(2)3/h9H,4-6,8H2,1-3H3. The van der Waals surface area contributed by atoms with Crippen LogP contribution in [-0.2, 0) is 0 Å². The Labute approximate surface area is 68.3 Å². The van der Waals surface area contributed by atoms with Gasteiger partial charge in [-0.05, 0) is 19.9 Å². The van der Waals surface area contributed by atoms with Gasteiger partial charge in [0.1, 0.15) is 5.79 Å². The fourth-order valence-corrected chi connectivity index (χ4v) is 1.64. The van der Waals surface area contributed by atoms with Crippen molar-refractivity contribution >= 4 is 0 Å². The topological polar surface area (TPSA) is 44.5 Å². The van der Waals surface area contributed by atoms with E-state index in [1.807, 2.05) is 26.2 Å². The lowest BCUT2D eigenvalue weighted by Gasteiger charge is -2.38. The first-order chi connectivity index (χ1) is 5.10. The number of hydrogen-bond donors (Lipinski definition) is 2. The molecule has 0 spiro atoms. The number of hydrazine groups is 1. The highest BCUT2D eigenvalue weighted by Gasteiger charge is 2.36. The van der Waals surface area contributed by atoms with Crippen molar-refractivity contribution in [3.05, 3.63) is 0 Å². The van der Waals surface area contributed by atoms with Gasteiger partial charge >= 0.3 is 0 Å². The molecule has 4 heteroatoms. The minimum absolute atomic E-state index is 0.316. The molecule has 66 valence electrons. The van der Waals surface area contributed by atoms with Crippen LogP contribution in [0.15, 0.2) is 0 Å². The molecule has 3 N–H and O–H groups in total. The van der Waals surface area contributed by atoms with Gasteiger partial charge in [-0.1, -0.05) is 0 Å². The summed E-state index contributed by atoms with van der Waals surface area (Å²) in [5.74, 6) is -0.316. The minimum Gasteiger partial charge on any atom is -0.300 e. The van der Waals surface area contributed by atoms with Crippen LogP contribution in [0.4, 0.5) is 0 Å². The maximum Gasteiger partial charge on any atom is 0.136 e. The Morgan fingerprint density at radius 1 is 1.55 bits per heavy atom. The molecule has 1 fully saturated rings. The molecule has 1 aliphatic rings. The van der Waals surface area contributed by atoms with Crippen LogP contribution >= 0.6 is 0 Å². The molecule has 0 radical (unpaired) electrons. The Balaban J connectivity index is 2.64. The van der Waals surface area contributed by atoms with Crippen molar-refractivity contribution in [1.29, 1.82) is 0 Å². The summed E-state index contributed by atoms with van der Waals surface area (Å²) in [6.45, 7) is 1.05. The molecule has 1 atom stereocenters. The van der Waals surface area contributed by atoms with E-state index in [0.29, 0.717) is 0 Å². The van der Waals surface area contributed by atoms with E-state index in [0.717, 1.165) is 19.4 Å². The molecule has 1 saturated heterocycles. The lowest BCUT2D eigenvalue weighted by molar-refractivity contribution is -0.0580. The lowest BCUT2D eigenvalue weighted by Crippen LogP contribution is -2.64. The highest BCUT2D eigenvalue weighted by molar-refractivity contribution is 4.84. The summed E-state index contributed by atoms with van der Waals surface area (Å²) in [6, 6.07) is 0. The fourth-order valence-electron chi connectivity index (χ4n) is 1.64. The summed E-state index contributed by atoms with van der Waals surface area (Å²) in [5.41, 5.74) is 6.08. The smallest absolute Gasteiger partial charge is 0.136 e. The first-order valence-corrected chi connectivity index (χ1v) is 4.03. The Morgan fingerprint density at radius 3 is 2.55 bits per heavy atom. The van der Waals surface area contributed by atoms with Crippen molar-refractivity contribution in [2.45, 2.75) is 18.6 Å². The summed E-state index contributed by atoms with van der Waals surface area (Å²) >= 11 is 0. The van der Waals surface area contributed by atoms with E-state index in [2.05, 4.69) is 10.3 Å². The molecule has 1 unspecified atom stereocenters. The van der Waals surface area contributed by atoms with E-state index in [1.165, 1.54) is 0 Å². The Bertz CT molecular complexity index is 136. The van der Waals surface area contributed by atoms with Gasteiger partial charge in [0.05, 0.1) is 0 Å². The summed E-state index contributed by atoms with van der Waals surface area (Å²) in [4.78, 5) is 0. The molecule has 0 bridgehead atoms. The minimum atomic E-state index is -0.316. The Morgan fingerprint density at radius 2 is 2.18 bits per heavy atom. The maximum absolute atomic E-state index is 6.08. The molecule has 1 aliphatic heterocycles. The third kappa shape index (κ3) is 1.54. The van der Waals surface area contributed by atoms with Crippen LogP contribution in [-0.4, -0.2) is 43.5 Å². The van der Waals surface area contributed by atoms with Crippen LogP contribution in [0.5, 0.6) is 0 Å². The largest absolute Gasteiger partial charge is 0.300 e. The third-order valence-corrected chi connectivity index (χ3v) is 2.30. The summed E-state index contributed by atoms with van der Waals surface area (Å²) in [6.07, 6.45) is 2.18. The quantitative estimate of drug-likeness (QED) is 0.526. The van der Waals surface area contributed by atoms with E-state index in [4.69, 9.17) is 5.73 Å². The Kier molecular flexibility index (Phi) is 2.49. The third-order valence-electron chi connectivity index (χ3n) is 2.30. The van der Waals surface area contributed by atoms with Gasteiger partial charge in [0.15, 0.2) is 0 Å². The number of hydrogen-bond acceptors (Lipinski definition) is 4. The molecule has 1 heterocycles. The monoisotopic (exact) mass is 158 g/mol. The second-order valence-electron chi connectivity index (χ2n) is 3.25. The van der Waals surface area contributed by atoms with Crippen LogP contribution in [0, 0.1) is 0 Å². The van der Waals surface area contributed by atoms with Crippen LogP contribution in [0.25, 0.3) is 0 Å². The molecule has 11 heavy (non-hydrogen) atoms. The summed E-state index contributed by atoms with van der Waals surface area (Å²) < 4.78 is 0.